The van der Waals surface area contributed by atoms with E-state index in [2.05, 4.69) is 35.1 Å². The van der Waals surface area contributed by atoms with Crippen LogP contribution in [0.2, 0.25) is 0 Å². The average molecular weight is 389 g/mol. The van der Waals surface area contributed by atoms with Crippen molar-refractivity contribution in [2.75, 3.05) is 18.4 Å². The molecule has 4 rings (SSSR count). The number of pyridine rings is 1. The van der Waals surface area contributed by atoms with Crippen molar-refractivity contribution in [1.82, 2.24) is 29.8 Å². The minimum absolute atomic E-state index is 0.0536. The predicted octanol–water partition coefficient (Wildman–Crippen LogP) is 3.35. The van der Waals surface area contributed by atoms with Crippen LogP contribution in [0, 0.1) is 0 Å². The van der Waals surface area contributed by atoms with Gasteiger partial charge in [-0.1, -0.05) is 0 Å². The first kappa shape index (κ1) is 18.4. The molecule has 0 spiro atoms. The van der Waals surface area contributed by atoms with Crippen molar-refractivity contribution in [3.8, 4) is 0 Å². The molecule has 1 saturated heterocycles. The van der Waals surface area contributed by atoms with Crippen LogP contribution in [0.15, 0.2) is 43.0 Å². The third-order valence-corrected chi connectivity index (χ3v) is 4.62. The van der Waals surface area contributed by atoms with Crippen LogP contribution in [-0.4, -0.2) is 42.9 Å². The van der Waals surface area contributed by atoms with Gasteiger partial charge in [-0.3, -0.25) is 4.90 Å². The fourth-order valence-corrected chi connectivity index (χ4v) is 3.26. The molecule has 0 aliphatic carbocycles. The third-order valence-electron chi connectivity index (χ3n) is 4.62. The molecule has 0 saturated carbocycles. The molecule has 4 heterocycles. The number of anilines is 2. The smallest absolute Gasteiger partial charge is 0.348 e. The van der Waals surface area contributed by atoms with Gasteiger partial charge < -0.3 is 10.3 Å². The van der Waals surface area contributed by atoms with Gasteiger partial charge in [0.1, 0.15) is 11.6 Å². The number of alkyl halides is 3. The normalized spacial score (nSPS) is 17.8. The lowest BCUT2D eigenvalue weighted by molar-refractivity contribution is -0.137. The summed E-state index contributed by atoms with van der Waals surface area (Å²) >= 11 is 0. The standard InChI is InChI=1S/C18H18F3N7/c19-18(20,21)13-1-4-22-15(9-13)27-17-25-5-2-14(26-17)12-3-8-28(10-12)11-16-23-6-7-24-16/h1-2,4-7,9,12H,3,8,10-11H2,(H,23,24)(H,22,25,26,27)/t12-/m1/s1. The average Bonchev–Trinajstić information content (AvgIpc) is 3.34. The molecule has 1 aliphatic rings. The molecular weight excluding hydrogens is 371 g/mol. The maximum atomic E-state index is 12.8. The highest BCUT2D eigenvalue weighted by atomic mass is 19.4. The Balaban J connectivity index is 1.44. The Bertz CT molecular complexity index is 927. The van der Waals surface area contributed by atoms with Crippen LogP contribution in [0.4, 0.5) is 24.9 Å². The fourth-order valence-electron chi connectivity index (χ4n) is 3.26. The molecule has 10 heteroatoms. The van der Waals surface area contributed by atoms with Crippen LogP contribution < -0.4 is 5.32 Å². The Kier molecular flexibility index (Phi) is 4.95. The fraction of sp³-hybridized carbons (Fsp3) is 0.333. The maximum Gasteiger partial charge on any atom is 0.416 e. The highest BCUT2D eigenvalue weighted by Gasteiger charge is 2.31. The number of nitrogens with one attached hydrogen (secondary N) is 2. The first-order valence-corrected chi connectivity index (χ1v) is 8.81. The van der Waals surface area contributed by atoms with Crippen molar-refractivity contribution in [2.45, 2.75) is 25.1 Å². The van der Waals surface area contributed by atoms with Crippen LogP contribution >= 0.6 is 0 Å². The second-order valence-corrected chi connectivity index (χ2v) is 6.61. The SMILES string of the molecule is FC(F)(F)c1ccnc(Nc2nccc([C@@H]3CCN(Cc4ncc[nH]4)C3)n2)c1. The quantitative estimate of drug-likeness (QED) is 0.696. The summed E-state index contributed by atoms with van der Waals surface area (Å²) in [6.07, 6.45) is 2.76. The number of rotatable bonds is 5. The Morgan fingerprint density at radius 2 is 2.00 bits per heavy atom. The van der Waals surface area contributed by atoms with Gasteiger partial charge in [-0.15, -0.1) is 0 Å². The number of aromatic amines is 1. The Labute approximate surface area is 159 Å². The number of likely N-dealkylation sites (tertiary alicyclic amines) is 1. The van der Waals surface area contributed by atoms with E-state index in [1.165, 1.54) is 0 Å². The van der Waals surface area contributed by atoms with E-state index in [4.69, 9.17) is 0 Å². The first-order valence-electron chi connectivity index (χ1n) is 8.81. The van der Waals surface area contributed by atoms with E-state index in [1.54, 1.807) is 18.6 Å². The highest BCUT2D eigenvalue weighted by Crippen LogP contribution is 2.31. The zero-order valence-electron chi connectivity index (χ0n) is 14.8. The number of H-pyrrole nitrogens is 1. The summed E-state index contributed by atoms with van der Waals surface area (Å²) in [7, 11) is 0. The lowest BCUT2D eigenvalue weighted by Crippen LogP contribution is -2.20. The first-order chi connectivity index (χ1) is 13.5. The zero-order chi connectivity index (χ0) is 19.6. The van der Waals surface area contributed by atoms with Crippen LogP contribution in [0.25, 0.3) is 0 Å². The van der Waals surface area contributed by atoms with Crippen molar-refractivity contribution >= 4 is 11.8 Å². The molecule has 0 aromatic carbocycles. The van der Waals surface area contributed by atoms with Crippen molar-refractivity contribution in [1.29, 1.82) is 0 Å². The lowest BCUT2D eigenvalue weighted by Gasteiger charge is -2.14. The summed E-state index contributed by atoms with van der Waals surface area (Å²) in [4.78, 5) is 22.1. The number of hydrogen-bond donors (Lipinski definition) is 2. The monoisotopic (exact) mass is 389 g/mol. The van der Waals surface area contributed by atoms with Crippen molar-refractivity contribution in [2.24, 2.45) is 0 Å². The van der Waals surface area contributed by atoms with Gasteiger partial charge in [-0.25, -0.2) is 19.9 Å². The Morgan fingerprint density at radius 3 is 2.79 bits per heavy atom. The highest BCUT2D eigenvalue weighted by molar-refractivity contribution is 5.49. The van der Waals surface area contributed by atoms with E-state index in [9.17, 15) is 13.2 Å². The molecule has 146 valence electrons. The number of hydrogen-bond acceptors (Lipinski definition) is 6. The van der Waals surface area contributed by atoms with Crippen LogP contribution in [0.1, 0.15) is 29.4 Å². The largest absolute Gasteiger partial charge is 0.416 e. The van der Waals surface area contributed by atoms with Crippen LogP contribution in [0.3, 0.4) is 0 Å². The lowest BCUT2D eigenvalue weighted by atomic mass is 10.1. The van der Waals surface area contributed by atoms with E-state index in [0.717, 1.165) is 55.9 Å². The van der Waals surface area contributed by atoms with Gasteiger partial charge in [0, 0.05) is 37.3 Å². The topological polar surface area (TPSA) is 82.6 Å². The molecule has 2 N–H and O–H groups in total. The van der Waals surface area contributed by atoms with Crippen molar-refractivity contribution in [3.05, 3.63) is 60.1 Å². The van der Waals surface area contributed by atoms with Crippen molar-refractivity contribution < 1.29 is 13.2 Å². The van der Waals surface area contributed by atoms with Gasteiger partial charge in [-0.2, -0.15) is 13.2 Å². The second kappa shape index (κ2) is 7.55. The van der Waals surface area contributed by atoms with Gasteiger partial charge >= 0.3 is 6.18 Å². The molecule has 0 radical (unpaired) electrons. The van der Waals surface area contributed by atoms with Gasteiger partial charge in [0.05, 0.1) is 17.8 Å². The second-order valence-electron chi connectivity index (χ2n) is 6.61. The molecule has 7 nitrogen and oxygen atoms in total. The van der Waals surface area contributed by atoms with E-state index < -0.39 is 11.7 Å². The number of nitrogens with zero attached hydrogens (tertiary/aromatic N) is 5. The molecule has 3 aromatic rings. The van der Waals surface area contributed by atoms with Gasteiger partial charge in [-0.05, 0) is 31.2 Å². The van der Waals surface area contributed by atoms with E-state index in [-0.39, 0.29) is 17.7 Å². The summed E-state index contributed by atoms with van der Waals surface area (Å²) in [5, 5.41) is 2.77. The molecule has 0 unspecified atom stereocenters. The zero-order valence-corrected chi connectivity index (χ0v) is 14.8. The van der Waals surface area contributed by atoms with Gasteiger partial charge in [0.15, 0.2) is 0 Å². The molecule has 3 aromatic heterocycles. The summed E-state index contributed by atoms with van der Waals surface area (Å²) in [6.45, 7) is 2.50. The summed E-state index contributed by atoms with van der Waals surface area (Å²) in [5.41, 5.74) is 0.0805. The van der Waals surface area contributed by atoms with E-state index >= 15 is 0 Å². The van der Waals surface area contributed by atoms with Crippen molar-refractivity contribution in [3.63, 3.8) is 0 Å². The molecule has 1 aliphatic heterocycles. The van der Waals surface area contributed by atoms with Crippen LogP contribution in [-0.2, 0) is 12.7 Å². The van der Waals surface area contributed by atoms with E-state index in [0.29, 0.717) is 0 Å². The molecule has 1 atom stereocenters. The van der Waals surface area contributed by atoms with Gasteiger partial charge in [0.2, 0.25) is 5.95 Å². The minimum Gasteiger partial charge on any atom is -0.348 e. The Morgan fingerprint density at radius 1 is 1.14 bits per heavy atom. The predicted molar refractivity (Wildman–Crippen MR) is 95.8 cm³/mol. The summed E-state index contributed by atoms with van der Waals surface area (Å²) < 4.78 is 38.5. The number of halogens is 3. The molecule has 0 amide bonds. The number of aromatic nitrogens is 5. The summed E-state index contributed by atoms with van der Waals surface area (Å²) in [5.74, 6) is 1.43. The molecular formula is C18H18F3N7. The Hall–Kier alpha value is -3.01. The molecule has 28 heavy (non-hydrogen) atoms. The minimum atomic E-state index is -4.43. The molecule has 0 bridgehead atoms. The van der Waals surface area contributed by atoms with E-state index in [1.807, 2.05) is 6.07 Å². The van der Waals surface area contributed by atoms with Gasteiger partial charge in [0.25, 0.3) is 0 Å². The van der Waals surface area contributed by atoms with Crippen LogP contribution in [0.5, 0.6) is 0 Å². The maximum absolute atomic E-state index is 12.8. The summed E-state index contributed by atoms with van der Waals surface area (Å²) in [6, 6.07) is 3.71. The number of imidazole rings is 1. The third kappa shape index (κ3) is 4.28. The molecule has 1 fully saturated rings.